The van der Waals surface area contributed by atoms with Crippen LogP contribution in [0, 0.1) is 6.92 Å². The highest BCUT2D eigenvalue weighted by Gasteiger charge is 2.78. The maximum absolute atomic E-state index is 12.3. The van der Waals surface area contributed by atoms with E-state index >= 15 is 0 Å². The van der Waals surface area contributed by atoms with Crippen LogP contribution in [0.15, 0.2) is 24.3 Å². The predicted octanol–water partition coefficient (Wildman–Crippen LogP) is 2.71. The molecular formula is C15H18O3. The molecular weight excluding hydrogens is 228 g/mol. The average Bonchev–Trinajstić information content (AvgIpc) is 3.02. The molecule has 0 N–H and O–H groups in total. The van der Waals surface area contributed by atoms with E-state index in [4.69, 9.17) is 9.47 Å². The fourth-order valence-corrected chi connectivity index (χ4v) is 2.91. The third-order valence-electron chi connectivity index (χ3n) is 4.13. The molecule has 1 saturated carbocycles. The Morgan fingerprint density at radius 3 is 2.44 bits per heavy atom. The summed E-state index contributed by atoms with van der Waals surface area (Å²) in [5, 5.41) is 0. The highest BCUT2D eigenvalue weighted by Crippen LogP contribution is 2.66. The maximum atomic E-state index is 12.3. The number of benzene rings is 1. The van der Waals surface area contributed by atoms with Gasteiger partial charge in [-0.25, -0.2) is 4.79 Å². The Kier molecular flexibility index (Phi) is 2.49. The molecule has 0 bridgehead atoms. The smallest absolute Gasteiger partial charge is 0.346 e. The standard InChI is InChI=1S/C15H18O3/c1-3-17-13(16)15(14(18-15)9-4-10-14)12-7-5-11(2)6-8-12/h5-8H,3-4,9-10H2,1-2H3. The first-order valence-corrected chi connectivity index (χ1v) is 6.59. The largest absolute Gasteiger partial charge is 0.464 e. The second-order valence-corrected chi connectivity index (χ2v) is 5.22. The number of hydrogen-bond acceptors (Lipinski definition) is 3. The second-order valence-electron chi connectivity index (χ2n) is 5.22. The molecule has 1 atom stereocenters. The highest BCUT2D eigenvalue weighted by atomic mass is 16.7. The van der Waals surface area contributed by atoms with Crippen LogP contribution in [0.3, 0.4) is 0 Å². The van der Waals surface area contributed by atoms with Gasteiger partial charge in [0.1, 0.15) is 5.60 Å². The number of hydrogen-bond donors (Lipinski definition) is 0. The number of aryl methyl sites for hydroxylation is 1. The first-order chi connectivity index (χ1) is 8.64. The van der Waals surface area contributed by atoms with E-state index in [0.717, 1.165) is 24.8 Å². The van der Waals surface area contributed by atoms with Crippen molar-refractivity contribution < 1.29 is 14.3 Å². The van der Waals surface area contributed by atoms with Crippen LogP contribution in [-0.4, -0.2) is 18.2 Å². The lowest BCUT2D eigenvalue weighted by Crippen LogP contribution is -2.38. The normalized spacial score (nSPS) is 27.7. The Hall–Kier alpha value is -1.35. The van der Waals surface area contributed by atoms with Crippen molar-refractivity contribution in [3.8, 4) is 0 Å². The molecule has 3 heteroatoms. The van der Waals surface area contributed by atoms with Gasteiger partial charge >= 0.3 is 5.97 Å². The zero-order chi connectivity index (χ0) is 12.8. The van der Waals surface area contributed by atoms with Crippen molar-refractivity contribution in [1.29, 1.82) is 0 Å². The lowest BCUT2D eigenvalue weighted by molar-refractivity contribution is -0.150. The summed E-state index contributed by atoms with van der Waals surface area (Å²) in [6, 6.07) is 8.01. The Bertz CT molecular complexity index is 473. The van der Waals surface area contributed by atoms with Crippen molar-refractivity contribution in [2.75, 3.05) is 6.61 Å². The van der Waals surface area contributed by atoms with Crippen LogP contribution in [0.2, 0.25) is 0 Å². The first-order valence-electron chi connectivity index (χ1n) is 6.59. The zero-order valence-electron chi connectivity index (χ0n) is 10.9. The molecule has 0 radical (unpaired) electrons. The van der Waals surface area contributed by atoms with Crippen LogP contribution in [-0.2, 0) is 19.9 Å². The van der Waals surface area contributed by atoms with Crippen molar-refractivity contribution in [3.63, 3.8) is 0 Å². The van der Waals surface area contributed by atoms with Crippen LogP contribution in [0.1, 0.15) is 37.3 Å². The third kappa shape index (κ3) is 1.37. The van der Waals surface area contributed by atoms with Gasteiger partial charge in [0.15, 0.2) is 0 Å². The molecule has 96 valence electrons. The summed E-state index contributed by atoms with van der Waals surface area (Å²) in [5.74, 6) is -0.228. The van der Waals surface area contributed by atoms with Crippen LogP contribution in [0.4, 0.5) is 0 Å². The first kappa shape index (κ1) is 11.7. The van der Waals surface area contributed by atoms with Crippen molar-refractivity contribution in [2.24, 2.45) is 0 Å². The molecule has 3 nitrogen and oxygen atoms in total. The van der Waals surface area contributed by atoms with Gasteiger partial charge in [-0.05, 0) is 38.7 Å². The van der Waals surface area contributed by atoms with E-state index in [1.54, 1.807) is 0 Å². The summed E-state index contributed by atoms with van der Waals surface area (Å²) >= 11 is 0. The lowest BCUT2D eigenvalue weighted by atomic mass is 9.73. The summed E-state index contributed by atoms with van der Waals surface area (Å²) in [5.41, 5.74) is 1.02. The predicted molar refractivity (Wildman–Crippen MR) is 67.2 cm³/mol. The van der Waals surface area contributed by atoms with Crippen LogP contribution in [0.5, 0.6) is 0 Å². The molecule has 1 aliphatic heterocycles. The number of epoxide rings is 1. The molecule has 1 saturated heterocycles. The average molecular weight is 246 g/mol. The van der Waals surface area contributed by atoms with Gasteiger partial charge in [0.05, 0.1) is 6.61 Å². The Morgan fingerprint density at radius 2 is 2.00 bits per heavy atom. The lowest BCUT2D eigenvalue weighted by Gasteiger charge is -2.26. The van der Waals surface area contributed by atoms with Gasteiger partial charge in [-0.3, -0.25) is 0 Å². The van der Waals surface area contributed by atoms with Crippen molar-refractivity contribution >= 4 is 5.97 Å². The minimum absolute atomic E-state index is 0.228. The van der Waals surface area contributed by atoms with Gasteiger partial charge in [-0.2, -0.15) is 0 Å². The molecule has 1 spiro atoms. The molecule has 1 heterocycles. The Morgan fingerprint density at radius 1 is 1.33 bits per heavy atom. The van der Waals surface area contributed by atoms with Crippen LogP contribution < -0.4 is 0 Å². The molecule has 1 aromatic rings. The van der Waals surface area contributed by atoms with Gasteiger partial charge in [0, 0.05) is 0 Å². The van der Waals surface area contributed by atoms with Gasteiger partial charge in [-0.15, -0.1) is 0 Å². The molecule has 1 aromatic carbocycles. The topological polar surface area (TPSA) is 38.8 Å². The number of rotatable bonds is 3. The zero-order valence-corrected chi connectivity index (χ0v) is 10.9. The highest BCUT2D eigenvalue weighted by molar-refractivity contribution is 5.87. The van der Waals surface area contributed by atoms with Gasteiger partial charge < -0.3 is 9.47 Å². The van der Waals surface area contributed by atoms with Crippen LogP contribution >= 0.6 is 0 Å². The number of carbonyl (C=O) groups excluding carboxylic acids is 1. The van der Waals surface area contributed by atoms with E-state index in [0.29, 0.717) is 6.61 Å². The number of esters is 1. The molecule has 1 aliphatic carbocycles. The summed E-state index contributed by atoms with van der Waals surface area (Å²) in [7, 11) is 0. The summed E-state index contributed by atoms with van der Waals surface area (Å²) in [6.07, 6.45) is 3.05. The minimum Gasteiger partial charge on any atom is -0.464 e. The maximum Gasteiger partial charge on any atom is 0.346 e. The Balaban J connectivity index is 1.97. The summed E-state index contributed by atoms with van der Waals surface area (Å²) in [4.78, 5) is 12.3. The van der Waals surface area contributed by atoms with E-state index < -0.39 is 5.60 Å². The fraction of sp³-hybridized carbons (Fsp3) is 0.533. The molecule has 18 heavy (non-hydrogen) atoms. The van der Waals surface area contributed by atoms with E-state index in [2.05, 4.69) is 0 Å². The van der Waals surface area contributed by atoms with Crippen LogP contribution in [0.25, 0.3) is 0 Å². The molecule has 0 aromatic heterocycles. The van der Waals surface area contributed by atoms with Crippen molar-refractivity contribution in [3.05, 3.63) is 35.4 Å². The SMILES string of the molecule is CCOC(=O)C1(c2ccc(C)cc2)OC12CCC2. The van der Waals surface area contributed by atoms with E-state index in [1.807, 2.05) is 38.1 Å². The molecule has 0 amide bonds. The van der Waals surface area contributed by atoms with E-state index in [1.165, 1.54) is 5.56 Å². The van der Waals surface area contributed by atoms with Gasteiger partial charge in [-0.1, -0.05) is 29.8 Å². The van der Waals surface area contributed by atoms with Gasteiger partial charge in [0.2, 0.25) is 5.60 Å². The molecule has 1 unspecified atom stereocenters. The fourth-order valence-electron chi connectivity index (χ4n) is 2.91. The Labute approximate surface area is 107 Å². The third-order valence-corrected chi connectivity index (χ3v) is 4.13. The number of carbonyl (C=O) groups is 1. The van der Waals surface area contributed by atoms with Gasteiger partial charge in [0.25, 0.3) is 0 Å². The molecule has 3 rings (SSSR count). The molecule has 2 aliphatic rings. The summed E-state index contributed by atoms with van der Waals surface area (Å²) in [6.45, 7) is 4.26. The van der Waals surface area contributed by atoms with E-state index in [-0.39, 0.29) is 11.6 Å². The second kappa shape index (κ2) is 3.82. The monoisotopic (exact) mass is 246 g/mol. The minimum atomic E-state index is -0.824. The molecule has 2 fully saturated rings. The van der Waals surface area contributed by atoms with E-state index in [9.17, 15) is 4.79 Å². The van der Waals surface area contributed by atoms with Crippen molar-refractivity contribution in [1.82, 2.24) is 0 Å². The summed E-state index contributed by atoms with van der Waals surface area (Å²) < 4.78 is 11.1. The quantitative estimate of drug-likeness (QED) is 0.608. The number of ether oxygens (including phenoxy) is 2. The van der Waals surface area contributed by atoms with Crippen molar-refractivity contribution in [2.45, 2.75) is 44.3 Å².